The van der Waals surface area contributed by atoms with Crippen molar-refractivity contribution in [3.05, 3.63) is 41.3 Å². The van der Waals surface area contributed by atoms with Crippen molar-refractivity contribution in [1.29, 1.82) is 0 Å². The summed E-state index contributed by atoms with van der Waals surface area (Å²) in [5, 5.41) is 6.94. The summed E-state index contributed by atoms with van der Waals surface area (Å²) in [6, 6.07) is 6.37. The van der Waals surface area contributed by atoms with E-state index in [2.05, 4.69) is 10.2 Å². The Morgan fingerprint density at radius 1 is 1.11 bits per heavy atom. The number of carbonyl (C=O) groups is 2. The number of H-pyrrole nitrogens is 1. The standard InChI is InChI=1S/C20H25FN4O3/c1-13-11-14(5-6-15(13)21)16-12-17(23-22-16)18(26)24-7-9-25(10-8-24)19(27)28-20(2,3)4/h5-6,11-12H,7-10H2,1-4H3,(H,22,23). The van der Waals surface area contributed by atoms with Crippen LogP contribution in [0.5, 0.6) is 0 Å². The average Bonchev–Trinajstić information content (AvgIpc) is 3.12. The summed E-state index contributed by atoms with van der Waals surface area (Å²) < 4.78 is 18.8. The number of halogens is 1. The van der Waals surface area contributed by atoms with E-state index in [1.54, 1.807) is 34.9 Å². The molecular formula is C20H25FN4O3. The molecule has 1 fully saturated rings. The van der Waals surface area contributed by atoms with Crippen LogP contribution in [0.25, 0.3) is 11.3 Å². The van der Waals surface area contributed by atoms with Gasteiger partial charge in [-0.25, -0.2) is 9.18 Å². The van der Waals surface area contributed by atoms with Gasteiger partial charge >= 0.3 is 6.09 Å². The van der Waals surface area contributed by atoms with Gasteiger partial charge in [-0.05, 0) is 57.5 Å². The van der Waals surface area contributed by atoms with Crippen LogP contribution in [0.2, 0.25) is 0 Å². The fourth-order valence-electron chi connectivity index (χ4n) is 2.97. The number of nitrogens with zero attached hydrogens (tertiary/aromatic N) is 3. The second kappa shape index (κ2) is 7.61. The fourth-order valence-corrected chi connectivity index (χ4v) is 2.97. The Hall–Kier alpha value is -2.90. The molecule has 2 amide bonds. The minimum atomic E-state index is -0.547. The molecule has 3 rings (SSSR count). The minimum Gasteiger partial charge on any atom is -0.444 e. The molecule has 0 unspecified atom stereocenters. The molecule has 2 heterocycles. The van der Waals surface area contributed by atoms with Crippen LogP contribution in [0.3, 0.4) is 0 Å². The SMILES string of the molecule is Cc1cc(-c2cc(C(=O)N3CCN(C(=O)OC(C)(C)C)CC3)[nH]n2)ccc1F. The Morgan fingerprint density at radius 2 is 1.75 bits per heavy atom. The number of carbonyl (C=O) groups excluding carboxylic acids is 2. The molecule has 1 aliphatic heterocycles. The second-order valence-corrected chi connectivity index (χ2v) is 7.89. The topological polar surface area (TPSA) is 78.5 Å². The number of aromatic nitrogens is 2. The number of ether oxygens (including phenoxy) is 1. The lowest BCUT2D eigenvalue weighted by Crippen LogP contribution is -2.51. The third-order valence-electron chi connectivity index (χ3n) is 4.48. The van der Waals surface area contributed by atoms with E-state index in [0.717, 1.165) is 5.56 Å². The first-order valence-corrected chi connectivity index (χ1v) is 9.23. The number of piperazine rings is 1. The van der Waals surface area contributed by atoms with Gasteiger partial charge in [-0.2, -0.15) is 5.10 Å². The van der Waals surface area contributed by atoms with E-state index in [4.69, 9.17) is 4.74 Å². The predicted molar refractivity (Wildman–Crippen MR) is 102 cm³/mol. The van der Waals surface area contributed by atoms with E-state index in [-0.39, 0.29) is 17.8 Å². The number of hydrogen-bond acceptors (Lipinski definition) is 4. The number of hydrogen-bond donors (Lipinski definition) is 1. The number of aromatic amines is 1. The quantitative estimate of drug-likeness (QED) is 0.857. The number of aryl methyl sites for hydroxylation is 1. The maximum Gasteiger partial charge on any atom is 0.410 e. The number of nitrogens with one attached hydrogen (secondary N) is 1. The molecule has 0 bridgehead atoms. The lowest BCUT2D eigenvalue weighted by molar-refractivity contribution is 0.0140. The molecule has 1 aliphatic rings. The minimum absolute atomic E-state index is 0.179. The van der Waals surface area contributed by atoms with Gasteiger partial charge < -0.3 is 14.5 Å². The Labute approximate surface area is 163 Å². The molecule has 1 aromatic carbocycles. The first-order chi connectivity index (χ1) is 13.1. The van der Waals surface area contributed by atoms with Crippen LogP contribution in [0.15, 0.2) is 24.3 Å². The smallest absolute Gasteiger partial charge is 0.410 e. The number of amides is 2. The third-order valence-corrected chi connectivity index (χ3v) is 4.48. The number of benzene rings is 1. The summed E-state index contributed by atoms with van der Waals surface area (Å²) in [6.07, 6.45) is -0.366. The lowest BCUT2D eigenvalue weighted by atomic mass is 10.1. The maximum absolute atomic E-state index is 13.4. The van der Waals surface area contributed by atoms with Crippen molar-refractivity contribution >= 4 is 12.0 Å². The normalized spacial score (nSPS) is 14.9. The average molecular weight is 388 g/mol. The van der Waals surface area contributed by atoms with E-state index in [9.17, 15) is 14.0 Å². The third kappa shape index (κ3) is 4.49. The molecule has 7 nitrogen and oxygen atoms in total. The summed E-state index contributed by atoms with van der Waals surface area (Å²) in [6.45, 7) is 8.82. The van der Waals surface area contributed by atoms with Crippen molar-refractivity contribution in [3.63, 3.8) is 0 Å². The molecular weight excluding hydrogens is 363 g/mol. The molecule has 2 aromatic rings. The van der Waals surface area contributed by atoms with E-state index >= 15 is 0 Å². The molecule has 1 saturated heterocycles. The Balaban J connectivity index is 1.62. The summed E-state index contributed by atoms with van der Waals surface area (Å²) in [7, 11) is 0. The molecule has 0 radical (unpaired) electrons. The molecule has 1 N–H and O–H groups in total. The first kappa shape index (κ1) is 19.9. The van der Waals surface area contributed by atoms with E-state index in [1.165, 1.54) is 6.07 Å². The molecule has 8 heteroatoms. The molecule has 28 heavy (non-hydrogen) atoms. The van der Waals surface area contributed by atoms with Crippen LogP contribution in [0.4, 0.5) is 9.18 Å². The molecule has 0 atom stereocenters. The highest BCUT2D eigenvalue weighted by molar-refractivity contribution is 5.93. The summed E-state index contributed by atoms with van der Waals surface area (Å²) in [5.74, 6) is -0.458. The van der Waals surface area contributed by atoms with Gasteiger partial charge in [0.2, 0.25) is 0 Å². The monoisotopic (exact) mass is 388 g/mol. The van der Waals surface area contributed by atoms with Crippen LogP contribution < -0.4 is 0 Å². The zero-order chi connectivity index (χ0) is 20.5. The Bertz CT molecular complexity index is 880. The second-order valence-electron chi connectivity index (χ2n) is 7.89. The summed E-state index contributed by atoms with van der Waals surface area (Å²) in [4.78, 5) is 28.1. The molecule has 1 aromatic heterocycles. The van der Waals surface area contributed by atoms with Gasteiger partial charge in [0.15, 0.2) is 0 Å². The van der Waals surface area contributed by atoms with E-state index in [1.807, 2.05) is 20.8 Å². The Morgan fingerprint density at radius 3 is 2.36 bits per heavy atom. The van der Waals surface area contributed by atoms with Crippen LogP contribution in [-0.2, 0) is 4.74 Å². The number of rotatable bonds is 2. The summed E-state index contributed by atoms with van der Waals surface area (Å²) >= 11 is 0. The van der Waals surface area contributed by atoms with Crippen molar-refractivity contribution in [2.45, 2.75) is 33.3 Å². The zero-order valence-electron chi connectivity index (χ0n) is 16.6. The van der Waals surface area contributed by atoms with Crippen LogP contribution in [-0.4, -0.2) is 63.8 Å². The Kier molecular flexibility index (Phi) is 5.40. The van der Waals surface area contributed by atoms with E-state index < -0.39 is 5.60 Å². The van der Waals surface area contributed by atoms with Crippen molar-refractivity contribution < 1.29 is 18.7 Å². The zero-order valence-corrected chi connectivity index (χ0v) is 16.6. The molecule has 0 aliphatic carbocycles. The lowest BCUT2D eigenvalue weighted by Gasteiger charge is -2.35. The predicted octanol–water partition coefficient (Wildman–Crippen LogP) is 3.22. The van der Waals surface area contributed by atoms with E-state index in [0.29, 0.717) is 43.1 Å². The van der Waals surface area contributed by atoms with Crippen molar-refractivity contribution in [2.75, 3.05) is 26.2 Å². The maximum atomic E-state index is 13.4. The molecule has 150 valence electrons. The largest absolute Gasteiger partial charge is 0.444 e. The highest BCUT2D eigenvalue weighted by Crippen LogP contribution is 2.21. The van der Waals surface area contributed by atoms with Crippen LogP contribution in [0, 0.1) is 12.7 Å². The van der Waals surface area contributed by atoms with Crippen LogP contribution in [0.1, 0.15) is 36.8 Å². The van der Waals surface area contributed by atoms with Gasteiger partial charge in [0, 0.05) is 31.7 Å². The molecule has 0 spiro atoms. The fraction of sp³-hybridized carbons (Fsp3) is 0.450. The van der Waals surface area contributed by atoms with Crippen molar-refractivity contribution in [1.82, 2.24) is 20.0 Å². The van der Waals surface area contributed by atoms with Crippen molar-refractivity contribution in [3.8, 4) is 11.3 Å². The van der Waals surface area contributed by atoms with Gasteiger partial charge in [-0.1, -0.05) is 0 Å². The summed E-state index contributed by atoms with van der Waals surface area (Å²) in [5.41, 5.74) is 1.66. The highest BCUT2D eigenvalue weighted by Gasteiger charge is 2.28. The van der Waals surface area contributed by atoms with Crippen molar-refractivity contribution in [2.24, 2.45) is 0 Å². The molecule has 0 saturated carbocycles. The van der Waals surface area contributed by atoms with Gasteiger partial charge in [0.25, 0.3) is 5.91 Å². The van der Waals surface area contributed by atoms with Gasteiger partial charge in [0.1, 0.15) is 17.1 Å². The first-order valence-electron chi connectivity index (χ1n) is 9.23. The van der Waals surface area contributed by atoms with Gasteiger partial charge in [-0.15, -0.1) is 0 Å². The highest BCUT2D eigenvalue weighted by atomic mass is 19.1. The van der Waals surface area contributed by atoms with Crippen LogP contribution >= 0.6 is 0 Å². The van der Waals surface area contributed by atoms with Gasteiger partial charge in [-0.3, -0.25) is 9.89 Å². The van der Waals surface area contributed by atoms with Gasteiger partial charge in [0.05, 0.1) is 5.69 Å².